The van der Waals surface area contributed by atoms with E-state index in [2.05, 4.69) is 5.32 Å². The number of hydrogen-bond acceptors (Lipinski definition) is 4. The van der Waals surface area contributed by atoms with Crippen LogP contribution in [-0.4, -0.2) is 49.3 Å². The molecule has 3 aromatic carbocycles. The highest BCUT2D eigenvalue weighted by atomic mass is 16.5. The summed E-state index contributed by atoms with van der Waals surface area (Å²) >= 11 is 0. The van der Waals surface area contributed by atoms with Crippen LogP contribution in [0, 0.1) is 5.92 Å². The van der Waals surface area contributed by atoms with Crippen LogP contribution in [0.15, 0.2) is 91.0 Å². The molecule has 2 bridgehead atoms. The number of esters is 1. The van der Waals surface area contributed by atoms with E-state index < -0.39 is 6.04 Å². The molecule has 34 heavy (non-hydrogen) atoms. The van der Waals surface area contributed by atoms with E-state index in [9.17, 15) is 4.79 Å². The fourth-order valence-electron chi connectivity index (χ4n) is 5.39. The SMILES string of the molecule is O=C(O[C@H]1C[N+]2(CCOc3ccccc3)CCC1CC2)[C@H](Nc1ccccc1)c1ccccc1. The summed E-state index contributed by atoms with van der Waals surface area (Å²) in [6, 6.07) is 29.2. The van der Waals surface area contributed by atoms with Crippen LogP contribution in [0.25, 0.3) is 0 Å². The first kappa shape index (κ1) is 22.5. The standard InChI is InChI=1S/C29H33N2O3/c32-29(28(24-10-4-1-5-11-24)30-25-12-6-2-7-13-25)34-27-22-31(18-16-23(27)17-19-31)20-21-33-26-14-8-3-9-15-26/h1-15,23,27-28,30H,16-22H2/q+1/t23?,27-,28+,31?/m0/s1. The Morgan fingerprint density at radius 2 is 1.50 bits per heavy atom. The summed E-state index contributed by atoms with van der Waals surface area (Å²) in [5.41, 5.74) is 1.82. The van der Waals surface area contributed by atoms with Crippen LogP contribution in [0.5, 0.6) is 5.75 Å². The maximum absolute atomic E-state index is 13.5. The van der Waals surface area contributed by atoms with E-state index in [4.69, 9.17) is 9.47 Å². The molecular weight excluding hydrogens is 424 g/mol. The van der Waals surface area contributed by atoms with Crippen molar-refractivity contribution in [1.82, 2.24) is 0 Å². The maximum Gasteiger partial charge on any atom is 0.333 e. The van der Waals surface area contributed by atoms with Crippen molar-refractivity contribution in [2.75, 3.05) is 38.1 Å². The fraction of sp³-hybridized carbons (Fsp3) is 0.345. The number of nitrogens with one attached hydrogen (secondary N) is 1. The van der Waals surface area contributed by atoms with Crippen LogP contribution in [-0.2, 0) is 9.53 Å². The van der Waals surface area contributed by atoms with E-state index in [1.54, 1.807) is 0 Å². The summed E-state index contributed by atoms with van der Waals surface area (Å²) in [6.45, 7) is 4.78. The number of fused-ring (bicyclic) bond motifs is 3. The Labute approximate surface area is 201 Å². The minimum Gasteiger partial charge on any atom is -0.488 e. The summed E-state index contributed by atoms with van der Waals surface area (Å²) in [5.74, 6) is 1.16. The van der Waals surface area contributed by atoms with Crippen LogP contribution in [0.3, 0.4) is 0 Å². The number of quaternary nitrogens is 1. The molecule has 3 aliphatic heterocycles. The first-order valence-corrected chi connectivity index (χ1v) is 12.3. The molecule has 0 aliphatic carbocycles. The van der Waals surface area contributed by atoms with Crippen LogP contribution < -0.4 is 10.1 Å². The van der Waals surface area contributed by atoms with Gasteiger partial charge in [-0.1, -0.05) is 66.7 Å². The number of hydrogen-bond donors (Lipinski definition) is 1. The summed E-state index contributed by atoms with van der Waals surface area (Å²) in [7, 11) is 0. The molecule has 6 rings (SSSR count). The Hall–Kier alpha value is -3.31. The Balaban J connectivity index is 1.25. The molecule has 5 nitrogen and oxygen atoms in total. The summed E-state index contributed by atoms with van der Waals surface area (Å²) in [4.78, 5) is 13.5. The first-order valence-electron chi connectivity index (χ1n) is 12.3. The molecule has 1 N–H and O–H groups in total. The number of ether oxygens (including phenoxy) is 2. The lowest BCUT2D eigenvalue weighted by Gasteiger charge is -2.52. The molecule has 0 radical (unpaired) electrons. The third-order valence-corrected chi connectivity index (χ3v) is 7.34. The van der Waals surface area contributed by atoms with Crippen molar-refractivity contribution in [3.63, 3.8) is 0 Å². The quantitative estimate of drug-likeness (QED) is 0.360. The Morgan fingerprint density at radius 3 is 2.18 bits per heavy atom. The fourth-order valence-corrected chi connectivity index (χ4v) is 5.39. The lowest BCUT2D eigenvalue weighted by Crippen LogP contribution is -2.65. The summed E-state index contributed by atoms with van der Waals surface area (Å²) in [6.07, 6.45) is 2.16. The van der Waals surface area contributed by atoms with E-state index in [0.29, 0.717) is 12.5 Å². The van der Waals surface area contributed by atoms with Gasteiger partial charge in [-0.15, -0.1) is 0 Å². The van der Waals surface area contributed by atoms with Gasteiger partial charge in [-0.05, 0) is 29.8 Å². The monoisotopic (exact) mass is 457 g/mol. The first-order chi connectivity index (χ1) is 16.7. The molecule has 3 aromatic rings. The molecular formula is C29H33N2O3+. The maximum atomic E-state index is 13.5. The predicted octanol–water partition coefficient (Wildman–Crippen LogP) is 5.07. The number of benzene rings is 3. The minimum absolute atomic E-state index is 0.0458. The van der Waals surface area contributed by atoms with Crippen LogP contribution in [0.1, 0.15) is 24.4 Å². The van der Waals surface area contributed by atoms with Crippen molar-refractivity contribution in [2.45, 2.75) is 25.0 Å². The average molecular weight is 458 g/mol. The molecule has 0 amide bonds. The zero-order valence-corrected chi connectivity index (χ0v) is 19.5. The normalized spacial score (nSPS) is 24.2. The third kappa shape index (κ3) is 5.26. The summed E-state index contributed by atoms with van der Waals surface area (Å²) in [5, 5.41) is 3.39. The van der Waals surface area contributed by atoms with E-state index >= 15 is 0 Å². The zero-order valence-electron chi connectivity index (χ0n) is 19.5. The Morgan fingerprint density at radius 1 is 0.882 bits per heavy atom. The number of carbonyl (C=O) groups excluding carboxylic acids is 1. The van der Waals surface area contributed by atoms with Crippen molar-refractivity contribution < 1.29 is 18.8 Å². The third-order valence-electron chi connectivity index (χ3n) is 7.34. The van der Waals surface area contributed by atoms with E-state index in [1.165, 1.54) is 0 Å². The van der Waals surface area contributed by atoms with Crippen molar-refractivity contribution in [1.29, 1.82) is 0 Å². The number of nitrogens with zero attached hydrogens (tertiary/aromatic N) is 1. The second-order valence-corrected chi connectivity index (χ2v) is 9.52. The molecule has 0 aromatic heterocycles. The second kappa shape index (κ2) is 10.3. The molecule has 176 valence electrons. The molecule has 5 heteroatoms. The largest absolute Gasteiger partial charge is 0.488 e. The van der Waals surface area contributed by atoms with Gasteiger partial charge in [0.1, 0.15) is 25.4 Å². The number of rotatable bonds is 9. The number of piperidine rings is 3. The molecule has 3 saturated heterocycles. The predicted molar refractivity (Wildman–Crippen MR) is 134 cm³/mol. The van der Waals surface area contributed by atoms with Gasteiger partial charge in [-0.3, -0.25) is 0 Å². The van der Waals surface area contributed by atoms with Gasteiger partial charge >= 0.3 is 5.97 Å². The molecule has 0 unspecified atom stereocenters. The summed E-state index contributed by atoms with van der Waals surface area (Å²) < 4.78 is 13.2. The minimum atomic E-state index is -0.533. The van der Waals surface area contributed by atoms with Crippen molar-refractivity contribution >= 4 is 11.7 Å². The van der Waals surface area contributed by atoms with Gasteiger partial charge < -0.3 is 19.3 Å². The highest BCUT2D eigenvalue weighted by molar-refractivity contribution is 5.81. The van der Waals surface area contributed by atoms with E-state index in [0.717, 1.165) is 60.5 Å². The van der Waals surface area contributed by atoms with Gasteiger partial charge in [0.05, 0.1) is 13.1 Å². The number of para-hydroxylation sites is 2. The van der Waals surface area contributed by atoms with Crippen LogP contribution in [0.4, 0.5) is 5.69 Å². The van der Waals surface area contributed by atoms with Gasteiger partial charge in [0.25, 0.3) is 0 Å². The number of anilines is 1. The van der Waals surface area contributed by atoms with Crippen molar-refractivity contribution in [3.05, 3.63) is 96.6 Å². The molecule has 3 aliphatic rings. The van der Waals surface area contributed by atoms with Crippen molar-refractivity contribution in [3.8, 4) is 5.75 Å². The van der Waals surface area contributed by atoms with Gasteiger partial charge in [0, 0.05) is 24.4 Å². The van der Waals surface area contributed by atoms with Gasteiger partial charge in [-0.25, -0.2) is 4.79 Å². The lowest BCUT2D eigenvalue weighted by atomic mass is 9.83. The van der Waals surface area contributed by atoms with Gasteiger partial charge in [0.15, 0.2) is 12.1 Å². The molecule has 3 fully saturated rings. The Bertz CT molecular complexity index is 1050. The topological polar surface area (TPSA) is 47.6 Å². The second-order valence-electron chi connectivity index (χ2n) is 9.52. The molecule has 0 saturated carbocycles. The number of carbonyl (C=O) groups is 1. The lowest BCUT2D eigenvalue weighted by molar-refractivity contribution is -0.946. The Kier molecular flexibility index (Phi) is 6.82. The van der Waals surface area contributed by atoms with Gasteiger partial charge in [-0.2, -0.15) is 0 Å². The van der Waals surface area contributed by atoms with Crippen LogP contribution >= 0.6 is 0 Å². The molecule has 0 spiro atoms. The van der Waals surface area contributed by atoms with E-state index in [1.807, 2.05) is 91.0 Å². The molecule has 2 atom stereocenters. The van der Waals surface area contributed by atoms with Crippen molar-refractivity contribution in [2.24, 2.45) is 5.92 Å². The van der Waals surface area contributed by atoms with Crippen LogP contribution in [0.2, 0.25) is 0 Å². The van der Waals surface area contributed by atoms with Gasteiger partial charge in [0.2, 0.25) is 0 Å². The molecule has 3 heterocycles. The highest BCUT2D eigenvalue weighted by Crippen LogP contribution is 2.36. The average Bonchev–Trinajstić information content (AvgIpc) is 2.89. The smallest absolute Gasteiger partial charge is 0.333 e. The highest BCUT2D eigenvalue weighted by Gasteiger charge is 2.48. The van der Waals surface area contributed by atoms with E-state index in [-0.39, 0.29) is 12.1 Å². The zero-order chi connectivity index (χ0) is 23.2.